The first-order valence-electron chi connectivity index (χ1n) is 8.64. The Morgan fingerprint density at radius 1 is 1.31 bits per heavy atom. The topological polar surface area (TPSA) is 93.4 Å². The molecule has 0 aromatic rings. The SMILES string of the molecule is CN(C)CCCN=C1C=C(Cl)C(=S(=O)(O)N2CCCCC2)C=C1C(=O)O. The molecule has 7 nitrogen and oxygen atoms in total. The summed E-state index contributed by atoms with van der Waals surface area (Å²) in [5.41, 5.74) is 0.131. The molecule has 1 aliphatic carbocycles. The number of piperidine rings is 1. The summed E-state index contributed by atoms with van der Waals surface area (Å²) < 4.78 is 25.0. The lowest BCUT2D eigenvalue weighted by molar-refractivity contribution is -0.132. The Morgan fingerprint density at radius 3 is 2.54 bits per heavy atom. The second-order valence-electron chi connectivity index (χ2n) is 6.63. The first-order valence-corrected chi connectivity index (χ1v) is 10.5. The molecule has 1 fully saturated rings. The minimum atomic E-state index is -3.56. The van der Waals surface area contributed by atoms with E-state index in [1.165, 1.54) is 16.5 Å². The van der Waals surface area contributed by atoms with Crippen molar-refractivity contribution in [3.63, 3.8) is 0 Å². The normalized spacial score (nSPS) is 23.0. The van der Waals surface area contributed by atoms with E-state index in [1.54, 1.807) is 0 Å². The Kier molecular flexibility index (Phi) is 7.42. The van der Waals surface area contributed by atoms with Gasteiger partial charge >= 0.3 is 5.97 Å². The number of nitrogens with zero attached hydrogens (tertiary/aromatic N) is 3. The average molecular weight is 404 g/mol. The number of carboxylic acids is 1. The first kappa shape index (κ1) is 21.1. The molecule has 1 aliphatic heterocycles. The smallest absolute Gasteiger partial charge is 0.337 e. The summed E-state index contributed by atoms with van der Waals surface area (Å²) in [5, 5.41) is 9.57. The van der Waals surface area contributed by atoms with Gasteiger partial charge in [-0.2, -0.15) is 0 Å². The van der Waals surface area contributed by atoms with Gasteiger partial charge in [-0.1, -0.05) is 18.0 Å². The summed E-state index contributed by atoms with van der Waals surface area (Å²) in [6, 6.07) is 0. The van der Waals surface area contributed by atoms with Crippen molar-refractivity contribution in [3.05, 3.63) is 22.8 Å². The van der Waals surface area contributed by atoms with Crippen LogP contribution in [0, 0.1) is 0 Å². The zero-order valence-electron chi connectivity index (χ0n) is 15.2. The molecule has 0 bridgehead atoms. The van der Waals surface area contributed by atoms with Gasteiger partial charge in [-0.05, 0) is 52.1 Å². The van der Waals surface area contributed by atoms with E-state index in [2.05, 4.69) is 4.99 Å². The molecule has 0 aromatic carbocycles. The van der Waals surface area contributed by atoms with Crippen LogP contribution in [0.3, 0.4) is 0 Å². The fourth-order valence-corrected chi connectivity index (χ4v) is 4.96. The van der Waals surface area contributed by atoms with Crippen LogP contribution in [0.15, 0.2) is 27.7 Å². The number of allylic oxidation sites excluding steroid dienone is 3. The molecule has 2 rings (SSSR count). The lowest BCUT2D eigenvalue weighted by Crippen LogP contribution is -2.39. The number of carbonyl (C=O) groups is 1. The molecule has 2 aliphatic rings. The van der Waals surface area contributed by atoms with Gasteiger partial charge in [-0.3, -0.25) is 4.99 Å². The van der Waals surface area contributed by atoms with Crippen molar-refractivity contribution in [1.29, 1.82) is 0 Å². The summed E-state index contributed by atoms with van der Waals surface area (Å²) in [5.74, 6) is -1.19. The zero-order valence-corrected chi connectivity index (χ0v) is 16.7. The third kappa shape index (κ3) is 5.17. The van der Waals surface area contributed by atoms with Crippen LogP contribution in [0.4, 0.5) is 0 Å². The molecule has 2 N–H and O–H groups in total. The van der Waals surface area contributed by atoms with Gasteiger partial charge in [0.15, 0.2) is 9.99 Å². The second kappa shape index (κ2) is 9.14. The number of halogens is 1. The van der Waals surface area contributed by atoms with E-state index in [-0.39, 0.29) is 21.2 Å². The number of rotatable bonds is 6. The van der Waals surface area contributed by atoms with E-state index in [4.69, 9.17) is 11.6 Å². The Balaban J connectivity index is 2.36. The number of carboxylic acid groups (broad SMARTS) is 1. The molecule has 0 saturated carbocycles. The molecule has 9 heteroatoms. The fraction of sp³-hybridized carbons (Fsp3) is 0.588. The lowest BCUT2D eigenvalue weighted by Gasteiger charge is -2.29. The van der Waals surface area contributed by atoms with Crippen molar-refractivity contribution < 1.29 is 18.7 Å². The van der Waals surface area contributed by atoms with Crippen molar-refractivity contribution in [1.82, 2.24) is 9.21 Å². The highest BCUT2D eigenvalue weighted by Gasteiger charge is 2.28. The summed E-state index contributed by atoms with van der Waals surface area (Å²) >= 11 is 6.25. The fourth-order valence-electron chi connectivity index (χ4n) is 2.89. The standard InChI is InChI=1S/C17H26ClN3O4S/c1-20(2)8-6-7-19-15-12-14(18)16(11-13(15)17(22)23)26(24,25)21-9-4-3-5-10-21/h11-12H,3-10H2,1-2H3,(H,22,23)(H,24,25). The second-order valence-corrected chi connectivity index (χ2v) is 8.99. The Labute approximate surface area is 160 Å². The highest BCUT2D eigenvalue weighted by Crippen LogP contribution is 2.23. The van der Waals surface area contributed by atoms with E-state index >= 15 is 0 Å². The predicted octanol–water partition coefficient (Wildman–Crippen LogP) is 1.86. The molecular formula is C17H26ClN3O4S. The Morgan fingerprint density at radius 2 is 1.96 bits per heavy atom. The molecule has 1 unspecified atom stereocenters. The number of aliphatic carboxylic acids is 1. The van der Waals surface area contributed by atoms with E-state index in [0.29, 0.717) is 19.6 Å². The lowest BCUT2D eigenvalue weighted by atomic mass is 10.0. The van der Waals surface area contributed by atoms with Crippen LogP contribution in [-0.2, 0) is 14.8 Å². The van der Waals surface area contributed by atoms with Gasteiger partial charge < -0.3 is 14.6 Å². The Hall–Kier alpha value is -1.19. The highest BCUT2D eigenvalue weighted by atomic mass is 35.5. The van der Waals surface area contributed by atoms with Crippen molar-refractivity contribution in [3.8, 4) is 0 Å². The molecule has 26 heavy (non-hydrogen) atoms. The van der Waals surface area contributed by atoms with Gasteiger partial charge in [0.2, 0.25) is 0 Å². The molecule has 1 atom stereocenters. The van der Waals surface area contributed by atoms with Crippen molar-refractivity contribution in [2.45, 2.75) is 25.7 Å². The molecule has 0 radical (unpaired) electrons. The van der Waals surface area contributed by atoms with Gasteiger partial charge in [0, 0.05) is 19.6 Å². The van der Waals surface area contributed by atoms with E-state index in [1.807, 2.05) is 19.0 Å². The first-order chi connectivity index (χ1) is 12.2. The maximum atomic E-state index is 13.0. The number of aliphatic imine (C=N–C) groups is 1. The van der Waals surface area contributed by atoms with E-state index in [0.717, 1.165) is 32.2 Å². The summed E-state index contributed by atoms with van der Waals surface area (Å²) in [7, 11) is 0.340. The van der Waals surface area contributed by atoms with E-state index in [9.17, 15) is 18.7 Å². The summed E-state index contributed by atoms with van der Waals surface area (Å²) in [6.45, 7) is 2.27. The average Bonchev–Trinajstić information content (AvgIpc) is 2.59. The summed E-state index contributed by atoms with van der Waals surface area (Å²) in [4.78, 5) is 17.9. The number of hydrogen-bond acceptors (Lipinski definition) is 4. The summed E-state index contributed by atoms with van der Waals surface area (Å²) in [6.07, 6.45) is 6.05. The van der Waals surface area contributed by atoms with Gasteiger partial charge in [0.25, 0.3) is 0 Å². The van der Waals surface area contributed by atoms with Crippen molar-refractivity contribution in [2.75, 3.05) is 40.3 Å². The van der Waals surface area contributed by atoms with Crippen LogP contribution < -0.4 is 0 Å². The molecule has 1 saturated heterocycles. The van der Waals surface area contributed by atoms with Crippen LogP contribution in [0.2, 0.25) is 0 Å². The third-order valence-corrected chi connectivity index (χ3v) is 6.68. The molecule has 0 amide bonds. The Bertz CT molecular complexity index is 758. The third-order valence-electron chi connectivity index (χ3n) is 4.28. The highest BCUT2D eigenvalue weighted by molar-refractivity contribution is 7.95. The molecule has 1 heterocycles. The molecule has 146 valence electrons. The minimum absolute atomic E-state index is 0.0503. The largest absolute Gasteiger partial charge is 0.478 e. The molecular weight excluding hydrogens is 378 g/mol. The van der Waals surface area contributed by atoms with E-state index < -0.39 is 16.0 Å². The van der Waals surface area contributed by atoms with Crippen LogP contribution in [0.25, 0.3) is 0 Å². The minimum Gasteiger partial charge on any atom is -0.478 e. The maximum absolute atomic E-state index is 13.0. The monoisotopic (exact) mass is 403 g/mol. The molecule has 0 aromatic heterocycles. The van der Waals surface area contributed by atoms with Crippen LogP contribution in [0.5, 0.6) is 0 Å². The van der Waals surface area contributed by atoms with Gasteiger partial charge in [0.1, 0.15) is 0 Å². The van der Waals surface area contributed by atoms with Crippen molar-refractivity contribution in [2.24, 2.45) is 4.99 Å². The quantitative estimate of drug-likeness (QED) is 0.521. The van der Waals surface area contributed by atoms with Crippen LogP contribution in [0.1, 0.15) is 25.7 Å². The van der Waals surface area contributed by atoms with Crippen LogP contribution >= 0.6 is 11.6 Å². The van der Waals surface area contributed by atoms with Crippen LogP contribution in [-0.4, -0.2) is 79.9 Å². The maximum Gasteiger partial charge on any atom is 0.337 e. The van der Waals surface area contributed by atoms with Gasteiger partial charge in [0.05, 0.1) is 21.2 Å². The number of hydrogen-bond donors (Lipinski definition) is 2. The van der Waals surface area contributed by atoms with Gasteiger partial charge in [-0.25, -0.2) is 13.3 Å². The predicted molar refractivity (Wildman–Crippen MR) is 106 cm³/mol. The zero-order chi connectivity index (χ0) is 19.3. The molecule has 0 spiro atoms. The van der Waals surface area contributed by atoms with Gasteiger partial charge in [-0.15, -0.1) is 0 Å². The van der Waals surface area contributed by atoms with Crippen molar-refractivity contribution >= 4 is 38.1 Å².